The fraction of sp³-hybridized carbons (Fsp3) is 0. The molecule has 0 N–H and O–H groups in total. The van der Waals surface area contributed by atoms with Crippen molar-refractivity contribution in [2.24, 2.45) is 0 Å². The van der Waals surface area contributed by atoms with E-state index in [9.17, 15) is 0 Å². The van der Waals surface area contributed by atoms with E-state index < -0.39 is 20.5 Å². The molecule has 0 saturated heterocycles. The lowest BCUT2D eigenvalue weighted by Crippen LogP contribution is -2.68. The Labute approximate surface area is 198 Å². The van der Waals surface area contributed by atoms with Crippen LogP contribution in [0.4, 0.5) is 0 Å². The van der Waals surface area contributed by atoms with Crippen molar-refractivity contribution in [3.63, 3.8) is 0 Å². The van der Waals surface area contributed by atoms with Crippen LogP contribution in [0.5, 0.6) is 0 Å². The van der Waals surface area contributed by atoms with Crippen LogP contribution in [0.15, 0.2) is 61.8 Å². The van der Waals surface area contributed by atoms with E-state index in [1.165, 1.54) is 0 Å². The molecule has 0 amide bonds. The van der Waals surface area contributed by atoms with Crippen LogP contribution in [0, 0.1) is 20.5 Å². The molecule has 0 spiro atoms. The van der Waals surface area contributed by atoms with Gasteiger partial charge in [0.15, 0.2) is 0 Å². The van der Waals surface area contributed by atoms with Gasteiger partial charge < -0.3 is 4.42 Å². The minimum Gasteiger partial charge on any atom is -0.457 e. The Balaban J connectivity index is 0.000000277. The average molecular weight is 531 g/mol. The maximum absolute atomic E-state index is 8.49. The molecular weight excluding hydrogens is 519 g/mol. The van der Waals surface area contributed by atoms with Crippen molar-refractivity contribution in [1.82, 2.24) is 0 Å². The van der Waals surface area contributed by atoms with Gasteiger partial charge in [0, 0.05) is 9.40 Å². The third kappa shape index (κ3) is 9.64. The van der Waals surface area contributed by atoms with E-state index in [2.05, 4.69) is 12.1 Å². The average Bonchev–Trinajstić information content (AvgIpc) is 3.44. The summed E-state index contributed by atoms with van der Waals surface area (Å²) in [5.41, 5.74) is 1.58. The highest BCUT2D eigenvalue weighted by Crippen LogP contribution is 2.25. The summed E-state index contributed by atoms with van der Waals surface area (Å²) in [6, 6.07) is 15.9. The molecule has 0 unspecified atom stereocenters. The maximum Gasteiger partial charge on any atom is 0.363 e. The van der Waals surface area contributed by atoms with E-state index in [1.807, 2.05) is 60.7 Å². The molecule has 3 aromatic rings. The van der Waals surface area contributed by atoms with Crippen molar-refractivity contribution in [3.05, 3.63) is 71.6 Å². The lowest BCUT2D eigenvalue weighted by atomic mass is 10.3. The number of hydrogen-bond donors (Lipinski definition) is 0. The molecule has 0 saturated carbocycles. The Bertz CT molecular complexity index is 1250. The second-order valence-electron chi connectivity index (χ2n) is 6.29. The van der Waals surface area contributed by atoms with Crippen molar-refractivity contribution >= 4 is 56.2 Å². The van der Waals surface area contributed by atoms with E-state index in [1.54, 1.807) is 11.3 Å². The molecule has 11 nitrogen and oxygen atoms in total. The predicted molar refractivity (Wildman–Crippen MR) is 98.1 cm³/mol. The molecule has 5 heterocycles. The van der Waals surface area contributed by atoms with Crippen LogP contribution >= 0.6 is 11.3 Å². The van der Waals surface area contributed by atoms with Crippen LogP contribution in [0.1, 0.15) is 23.0 Å². The highest BCUT2D eigenvalue weighted by molar-refractivity contribution is 7.23. The first-order valence-corrected chi connectivity index (χ1v) is 12.1. The highest BCUT2D eigenvalue weighted by atomic mass is 35.7. The Kier molecular flexibility index (Phi) is 8.14. The summed E-state index contributed by atoms with van der Waals surface area (Å²) >= 11 is 1.69. The lowest BCUT2D eigenvalue weighted by Gasteiger charge is -2.17. The summed E-state index contributed by atoms with van der Waals surface area (Å²) in [5.74, 6) is 3.07. The minimum atomic E-state index is -4.94. The first-order chi connectivity index (χ1) is 15.8. The maximum atomic E-state index is 8.49. The van der Waals surface area contributed by atoms with Gasteiger partial charge in [0.05, 0.1) is 36.4 Å². The summed E-state index contributed by atoms with van der Waals surface area (Å²) < 4.78 is 87.7. The number of thiophene rings is 1. The molecule has 34 heavy (non-hydrogen) atoms. The van der Waals surface area contributed by atoms with Gasteiger partial charge in [0.1, 0.15) is 17.2 Å². The second-order valence-corrected chi connectivity index (χ2v) is 8.95. The molecular formula is C20H12Cl2O11S. The fourth-order valence-electron chi connectivity index (χ4n) is 2.66. The Morgan fingerprint density at radius 1 is 0.529 bits per heavy atom. The van der Waals surface area contributed by atoms with Crippen LogP contribution in [-0.4, -0.2) is 0 Å². The third-order valence-corrected chi connectivity index (χ3v) is 4.71. The predicted octanol–water partition coefficient (Wildman–Crippen LogP) is -2.90. The van der Waals surface area contributed by atoms with Gasteiger partial charge in [-0.15, -0.1) is 31.8 Å². The molecule has 14 heteroatoms. The summed E-state index contributed by atoms with van der Waals surface area (Å²) in [6.45, 7) is 0. The van der Waals surface area contributed by atoms with Gasteiger partial charge in [0.2, 0.25) is 0 Å². The normalized spacial score (nSPS) is 12.5. The zero-order chi connectivity index (χ0) is 24.9. The quantitative estimate of drug-likeness (QED) is 0.184. The van der Waals surface area contributed by atoms with E-state index in [4.69, 9.17) is 50.5 Å². The molecule has 0 radical (unpaired) electrons. The third-order valence-electron chi connectivity index (χ3n) is 3.73. The minimum absolute atomic E-state index is 0.742. The number of furan rings is 1. The SMILES string of the molecule is C1=Cc2cc3ccc(cc4ccc(cc5[o+]c(cc1[o+]2)C=C5)s4)o3.[O-][Cl+3]([O-])([O-])[O-].[O-][Cl+3]([O-])([O-])[O-]. The molecule has 2 aliphatic rings. The van der Waals surface area contributed by atoms with Crippen LogP contribution in [0.3, 0.4) is 0 Å². The van der Waals surface area contributed by atoms with Crippen LogP contribution in [0.25, 0.3) is 44.9 Å². The number of fused-ring (bicyclic) bond motifs is 8. The highest BCUT2D eigenvalue weighted by Gasteiger charge is 2.19. The molecule has 5 rings (SSSR count). The smallest absolute Gasteiger partial charge is 0.363 e. The van der Waals surface area contributed by atoms with Crippen molar-refractivity contribution < 1.29 is 71.0 Å². The van der Waals surface area contributed by atoms with E-state index >= 15 is 0 Å². The zero-order valence-electron chi connectivity index (χ0n) is 16.6. The largest absolute Gasteiger partial charge is 0.457 e. The Morgan fingerprint density at radius 2 is 0.912 bits per heavy atom. The number of hydrogen-bond acceptors (Lipinski definition) is 10. The van der Waals surface area contributed by atoms with E-state index in [0.29, 0.717) is 0 Å². The molecule has 3 aromatic heterocycles. The van der Waals surface area contributed by atoms with Crippen molar-refractivity contribution in [1.29, 1.82) is 0 Å². The molecule has 2 aliphatic heterocycles. The first kappa shape index (κ1) is 25.9. The van der Waals surface area contributed by atoms with Crippen LogP contribution < -0.4 is 37.3 Å². The van der Waals surface area contributed by atoms with Crippen molar-refractivity contribution in [2.45, 2.75) is 0 Å². The van der Waals surface area contributed by atoms with Gasteiger partial charge in [-0.2, -0.15) is 0 Å². The number of halogens is 2. The lowest BCUT2D eigenvalue weighted by molar-refractivity contribution is -2.00. The van der Waals surface area contributed by atoms with Gasteiger partial charge in [-0.1, -0.05) is 0 Å². The van der Waals surface area contributed by atoms with Crippen LogP contribution in [-0.2, 0) is 0 Å². The topological polar surface area (TPSA) is 220 Å². The van der Waals surface area contributed by atoms with Crippen LogP contribution in [0.2, 0.25) is 0 Å². The van der Waals surface area contributed by atoms with E-state index in [0.717, 1.165) is 43.6 Å². The second kappa shape index (κ2) is 10.7. The van der Waals surface area contributed by atoms with E-state index in [-0.39, 0.29) is 0 Å². The zero-order valence-corrected chi connectivity index (χ0v) is 18.9. The fourth-order valence-corrected chi connectivity index (χ4v) is 3.55. The summed E-state index contributed by atoms with van der Waals surface area (Å²) in [5, 5.41) is 0. The Hall–Kier alpha value is -2.72. The molecule has 178 valence electrons. The first-order valence-electron chi connectivity index (χ1n) is 8.82. The summed E-state index contributed by atoms with van der Waals surface area (Å²) in [6.07, 6.45) is 7.73. The van der Waals surface area contributed by atoms with Gasteiger partial charge in [0.25, 0.3) is 0 Å². The summed E-state index contributed by atoms with van der Waals surface area (Å²) in [7, 11) is -9.89. The Morgan fingerprint density at radius 3 is 1.41 bits per heavy atom. The molecule has 0 atom stereocenters. The molecule has 0 aromatic carbocycles. The number of rotatable bonds is 0. The summed E-state index contributed by atoms with van der Waals surface area (Å²) in [4.78, 5) is 0. The standard InChI is InChI=1S/C20H12O3S.2ClHO4/c1-2-14-10-16-4-6-18(23-16)12-20-8-7-19(24-20)11-17-5-3-15(22-17)9-13(1)21-14;2*2-1(3,4)5/h1-12H;2*(H,2,3,4,5)/q+2;;/p-2. The molecule has 0 fully saturated rings. The van der Waals surface area contributed by atoms with Gasteiger partial charge in [-0.25, -0.2) is 46.1 Å². The van der Waals surface area contributed by atoms with Gasteiger partial charge in [-0.05, 0) is 30.3 Å². The van der Waals surface area contributed by atoms with Crippen molar-refractivity contribution in [3.8, 4) is 0 Å². The molecule has 0 aliphatic carbocycles. The monoisotopic (exact) mass is 530 g/mol. The molecule has 8 bridgehead atoms. The van der Waals surface area contributed by atoms with Crippen molar-refractivity contribution in [2.75, 3.05) is 0 Å². The van der Waals surface area contributed by atoms with Gasteiger partial charge >= 0.3 is 23.0 Å². The van der Waals surface area contributed by atoms with Gasteiger partial charge in [-0.3, -0.25) is 0 Å².